The molecule has 9 heteroatoms. The van der Waals surface area contributed by atoms with Gasteiger partial charge in [0.25, 0.3) is 0 Å². The molecule has 1 saturated heterocycles. The average Bonchev–Trinajstić information content (AvgIpc) is 2.84. The van der Waals surface area contributed by atoms with Gasteiger partial charge in [-0.1, -0.05) is 30.3 Å². The lowest BCUT2D eigenvalue weighted by atomic mass is 10.0. The van der Waals surface area contributed by atoms with Crippen molar-refractivity contribution in [3.8, 4) is 22.5 Å². The van der Waals surface area contributed by atoms with E-state index in [9.17, 15) is 14.7 Å². The van der Waals surface area contributed by atoms with Gasteiger partial charge in [-0.25, -0.2) is 19.6 Å². The first-order valence-electron chi connectivity index (χ1n) is 11.2. The van der Waals surface area contributed by atoms with Crippen molar-refractivity contribution in [3.63, 3.8) is 0 Å². The van der Waals surface area contributed by atoms with E-state index in [-0.39, 0.29) is 17.6 Å². The van der Waals surface area contributed by atoms with Crippen LogP contribution in [0.2, 0.25) is 0 Å². The van der Waals surface area contributed by atoms with Gasteiger partial charge in [0.2, 0.25) is 5.95 Å². The molecule has 4 rings (SSSR count). The Hall–Kier alpha value is -3.98. The van der Waals surface area contributed by atoms with Gasteiger partial charge in [0.1, 0.15) is 0 Å². The highest BCUT2D eigenvalue weighted by molar-refractivity contribution is 5.96. The molecule has 1 aromatic heterocycles. The largest absolute Gasteiger partial charge is 0.478 e. The Morgan fingerprint density at radius 3 is 2.56 bits per heavy atom. The second-order valence-corrected chi connectivity index (χ2v) is 7.97. The van der Waals surface area contributed by atoms with Gasteiger partial charge in [-0.15, -0.1) is 0 Å². The average molecular weight is 462 g/mol. The summed E-state index contributed by atoms with van der Waals surface area (Å²) >= 11 is 0. The summed E-state index contributed by atoms with van der Waals surface area (Å²) in [5, 5.41) is 15.2. The second-order valence-electron chi connectivity index (χ2n) is 7.97. The number of rotatable bonds is 6. The molecule has 0 spiro atoms. The summed E-state index contributed by atoms with van der Waals surface area (Å²) in [6, 6.07) is 15.7. The fourth-order valence-corrected chi connectivity index (χ4v) is 3.83. The standard InChI is InChI=1S/C25H27N5O4/c1-3-26-25(33)27-18-10-8-17(9-11-18)21-14-22(19-6-4-5-7-20(19)23(31)32)29-24(28-21)30-12-13-34-15-16(30)2/h4-11,14,16H,3,12-13,15H2,1-2H3,(H,31,32)(H2,26,27,33)/t16-/m0/s1. The van der Waals surface area contributed by atoms with Crippen LogP contribution in [-0.4, -0.2) is 59.4 Å². The van der Waals surface area contributed by atoms with E-state index in [1.165, 1.54) is 0 Å². The normalized spacial score (nSPS) is 15.6. The van der Waals surface area contributed by atoms with Crippen LogP contribution in [0.4, 0.5) is 16.4 Å². The summed E-state index contributed by atoms with van der Waals surface area (Å²) in [7, 11) is 0. The minimum absolute atomic E-state index is 0.0789. The first-order chi connectivity index (χ1) is 16.5. The van der Waals surface area contributed by atoms with E-state index in [2.05, 4.69) is 15.5 Å². The lowest BCUT2D eigenvalue weighted by Crippen LogP contribution is -2.44. The van der Waals surface area contributed by atoms with Gasteiger partial charge in [0.05, 0.1) is 36.2 Å². The SMILES string of the molecule is CCNC(=O)Nc1ccc(-c2cc(-c3ccccc3C(=O)O)nc(N3CCOC[C@@H]3C)n2)cc1. The van der Waals surface area contributed by atoms with Crippen molar-refractivity contribution in [3.05, 3.63) is 60.2 Å². The Kier molecular flexibility index (Phi) is 7.03. The molecule has 1 aliphatic heterocycles. The van der Waals surface area contributed by atoms with Gasteiger partial charge in [-0.3, -0.25) is 0 Å². The van der Waals surface area contributed by atoms with E-state index in [0.717, 1.165) is 5.56 Å². The predicted molar refractivity (Wildman–Crippen MR) is 130 cm³/mol. The minimum Gasteiger partial charge on any atom is -0.478 e. The van der Waals surface area contributed by atoms with Crippen molar-refractivity contribution in [1.29, 1.82) is 0 Å². The van der Waals surface area contributed by atoms with E-state index in [1.54, 1.807) is 42.5 Å². The summed E-state index contributed by atoms with van der Waals surface area (Å²) in [5.74, 6) is -0.495. The number of anilines is 2. The maximum absolute atomic E-state index is 11.9. The Labute approximate surface area is 197 Å². The summed E-state index contributed by atoms with van der Waals surface area (Å²) < 4.78 is 5.56. The molecule has 176 valence electrons. The maximum atomic E-state index is 11.9. The van der Waals surface area contributed by atoms with Gasteiger partial charge in [0, 0.05) is 29.9 Å². The molecule has 34 heavy (non-hydrogen) atoms. The third-order valence-corrected chi connectivity index (χ3v) is 5.55. The number of hydrogen-bond donors (Lipinski definition) is 3. The summed E-state index contributed by atoms with van der Waals surface area (Å²) in [6.07, 6.45) is 0. The zero-order chi connectivity index (χ0) is 24.1. The third kappa shape index (κ3) is 5.15. The molecule has 1 aliphatic rings. The molecule has 0 unspecified atom stereocenters. The second kappa shape index (κ2) is 10.3. The molecule has 0 bridgehead atoms. The van der Waals surface area contributed by atoms with Crippen LogP contribution < -0.4 is 15.5 Å². The van der Waals surface area contributed by atoms with Crippen molar-refractivity contribution in [1.82, 2.24) is 15.3 Å². The predicted octanol–water partition coefficient (Wildman–Crippen LogP) is 3.88. The van der Waals surface area contributed by atoms with Gasteiger partial charge in [0.15, 0.2) is 0 Å². The van der Waals surface area contributed by atoms with E-state index < -0.39 is 5.97 Å². The number of ether oxygens (including phenoxy) is 1. The number of carboxylic acid groups (broad SMARTS) is 1. The lowest BCUT2D eigenvalue weighted by molar-refractivity contribution is 0.0697. The van der Waals surface area contributed by atoms with E-state index in [0.29, 0.717) is 54.9 Å². The first-order valence-corrected chi connectivity index (χ1v) is 11.2. The molecule has 0 radical (unpaired) electrons. The molecular formula is C25H27N5O4. The molecule has 3 aromatic rings. The number of morpholine rings is 1. The Morgan fingerprint density at radius 1 is 1.12 bits per heavy atom. The Bertz CT molecular complexity index is 1180. The van der Waals surface area contributed by atoms with Gasteiger partial charge < -0.3 is 25.4 Å². The van der Waals surface area contributed by atoms with Crippen molar-refractivity contribution in [2.75, 3.05) is 36.5 Å². The highest BCUT2D eigenvalue weighted by atomic mass is 16.5. The number of carbonyl (C=O) groups is 2. The van der Waals surface area contributed by atoms with Crippen molar-refractivity contribution in [2.24, 2.45) is 0 Å². The molecular weight excluding hydrogens is 434 g/mol. The van der Waals surface area contributed by atoms with Crippen LogP contribution >= 0.6 is 0 Å². The summed E-state index contributed by atoms with van der Waals surface area (Å²) in [4.78, 5) is 35.3. The number of amides is 2. The molecule has 2 aromatic carbocycles. The van der Waals surface area contributed by atoms with Crippen molar-refractivity contribution >= 4 is 23.6 Å². The number of urea groups is 1. The number of aromatic nitrogens is 2. The molecule has 0 saturated carbocycles. The number of aromatic carboxylic acids is 1. The quantitative estimate of drug-likeness (QED) is 0.510. The molecule has 2 amide bonds. The van der Waals surface area contributed by atoms with E-state index in [4.69, 9.17) is 14.7 Å². The number of benzene rings is 2. The minimum atomic E-state index is -1.02. The van der Waals surface area contributed by atoms with Crippen LogP contribution in [-0.2, 0) is 4.74 Å². The van der Waals surface area contributed by atoms with Crippen molar-refractivity contribution in [2.45, 2.75) is 19.9 Å². The van der Waals surface area contributed by atoms with E-state index in [1.807, 2.05) is 26.0 Å². The molecule has 9 nitrogen and oxygen atoms in total. The van der Waals surface area contributed by atoms with Gasteiger partial charge in [-0.2, -0.15) is 0 Å². The van der Waals surface area contributed by atoms with Gasteiger partial charge in [-0.05, 0) is 38.1 Å². The molecule has 1 fully saturated rings. The molecule has 0 aliphatic carbocycles. The van der Waals surface area contributed by atoms with Crippen LogP contribution in [0.1, 0.15) is 24.2 Å². The zero-order valence-electron chi connectivity index (χ0n) is 19.1. The van der Waals surface area contributed by atoms with Crippen LogP contribution in [0.3, 0.4) is 0 Å². The van der Waals surface area contributed by atoms with Crippen LogP contribution in [0.5, 0.6) is 0 Å². The maximum Gasteiger partial charge on any atom is 0.336 e. The Morgan fingerprint density at radius 2 is 1.85 bits per heavy atom. The number of carbonyl (C=O) groups excluding carboxylic acids is 1. The Balaban J connectivity index is 1.77. The highest BCUT2D eigenvalue weighted by Gasteiger charge is 2.24. The monoisotopic (exact) mass is 461 g/mol. The van der Waals surface area contributed by atoms with Crippen LogP contribution in [0.25, 0.3) is 22.5 Å². The number of nitrogens with one attached hydrogen (secondary N) is 2. The fraction of sp³-hybridized carbons (Fsp3) is 0.280. The van der Waals surface area contributed by atoms with Crippen molar-refractivity contribution < 1.29 is 19.4 Å². The fourth-order valence-electron chi connectivity index (χ4n) is 3.83. The topological polar surface area (TPSA) is 117 Å². The number of nitrogens with zero attached hydrogens (tertiary/aromatic N) is 3. The number of hydrogen-bond acceptors (Lipinski definition) is 6. The van der Waals surface area contributed by atoms with Crippen LogP contribution in [0.15, 0.2) is 54.6 Å². The lowest BCUT2D eigenvalue weighted by Gasteiger charge is -2.33. The van der Waals surface area contributed by atoms with Crippen LogP contribution in [0, 0.1) is 0 Å². The highest BCUT2D eigenvalue weighted by Crippen LogP contribution is 2.30. The zero-order valence-corrected chi connectivity index (χ0v) is 19.1. The van der Waals surface area contributed by atoms with E-state index >= 15 is 0 Å². The van der Waals surface area contributed by atoms with Gasteiger partial charge >= 0.3 is 12.0 Å². The number of carboxylic acids is 1. The smallest absolute Gasteiger partial charge is 0.336 e. The summed E-state index contributed by atoms with van der Waals surface area (Å²) in [6.45, 7) is 6.20. The summed E-state index contributed by atoms with van der Waals surface area (Å²) in [5.41, 5.74) is 3.36. The third-order valence-electron chi connectivity index (χ3n) is 5.55. The first kappa shape index (κ1) is 23.2. The molecule has 3 N–H and O–H groups in total. The molecule has 1 atom stereocenters. The molecule has 2 heterocycles.